The van der Waals surface area contributed by atoms with Gasteiger partial charge in [-0.05, 0) is 12.1 Å². The molecule has 7 heteroatoms. The van der Waals surface area contributed by atoms with E-state index < -0.39 is 6.03 Å². The van der Waals surface area contributed by atoms with E-state index >= 15 is 0 Å². The quantitative estimate of drug-likeness (QED) is 0.919. The molecule has 0 saturated carbocycles. The van der Waals surface area contributed by atoms with Gasteiger partial charge in [0.05, 0.1) is 30.5 Å². The Labute approximate surface area is 131 Å². The third-order valence-electron chi connectivity index (χ3n) is 3.51. The molecule has 112 valence electrons. The summed E-state index contributed by atoms with van der Waals surface area (Å²) in [6.45, 7) is 1.36. The fourth-order valence-electron chi connectivity index (χ4n) is 2.39. The first-order chi connectivity index (χ1) is 10.7. The Bertz CT molecular complexity index is 737. The van der Waals surface area contributed by atoms with Crippen LogP contribution >= 0.6 is 11.3 Å². The predicted octanol–water partition coefficient (Wildman–Crippen LogP) is 2.13. The standard InChI is InChI=1S/C15H14N4O2S/c16-7-10-2-1-3-11(6-10)12-9-22-14(18-12)13-8-21-5-4-19(13)15(17)20/h1-3,6,9,13H,4-5,8H2,(H2,17,20). The topological polar surface area (TPSA) is 92.2 Å². The summed E-state index contributed by atoms with van der Waals surface area (Å²) < 4.78 is 5.44. The number of benzene rings is 1. The molecule has 1 fully saturated rings. The number of hydrogen-bond donors (Lipinski definition) is 1. The van der Waals surface area contributed by atoms with Crippen LogP contribution in [0.4, 0.5) is 4.79 Å². The van der Waals surface area contributed by atoms with Crippen LogP contribution in [0.15, 0.2) is 29.6 Å². The maximum absolute atomic E-state index is 11.5. The van der Waals surface area contributed by atoms with Gasteiger partial charge in [0.15, 0.2) is 0 Å². The number of nitrogens with two attached hydrogens (primary N) is 1. The number of morpholine rings is 1. The number of ether oxygens (including phenoxy) is 1. The first-order valence-electron chi connectivity index (χ1n) is 6.79. The molecule has 0 radical (unpaired) electrons. The van der Waals surface area contributed by atoms with E-state index in [1.54, 1.807) is 17.0 Å². The van der Waals surface area contributed by atoms with Gasteiger partial charge in [0.2, 0.25) is 0 Å². The van der Waals surface area contributed by atoms with Crippen LogP contribution in [0.5, 0.6) is 0 Å². The first-order valence-corrected chi connectivity index (χ1v) is 7.67. The molecular formula is C15H14N4O2S. The molecule has 2 N–H and O–H groups in total. The van der Waals surface area contributed by atoms with Crippen molar-refractivity contribution < 1.29 is 9.53 Å². The summed E-state index contributed by atoms with van der Waals surface area (Å²) in [5, 5.41) is 11.7. The molecule has 1 aliphatic rings. The summed E-state index contributed by atoms with van der Waals surface area (Å²) in [6.07, 6.45) is 0. The fourth-order valence-corrected chi connectivity index (χ4v) is 3.32. The van der Waals surface area contributed by atoms with Gasteiger partial charge in [-0.15, -0.1) is 11.3 Å². The van der Waals surface area contributed by atoms with Gasteiger partial charge >= 0.3 is 6.03 Å². The molecule has 1 aromatic carbocycles. The number of urea groups is 1. The molecule has 2 heterocycles. The lowest BCUT2D eigenvalue weighted by molar-refractivity contribution is 0.0137. The molecule has 1 aliphatic heterocycles. The molecule has 2 aromatic rings. The number of nitrogens with zero attached hydrogens (tertiary/aromatic N) is 3. The maximum Gasteiger partial charge on any atom is 0.315 e. The number of hydrogen-bond acceptors (Lipinski definition) is 5. The lowest BCUT2D eigenvalue weighted by Gasteiger charge is -2.32. The van der Waals surface area contributed by atoms with Crippen molar-refractivity contribution in [3.05, 3.63) is 40.2 Å². The van der Waals surface area contributed by atoms with E-state index in [1.807, 2.05) is 17.5 Å². The second-order valence-electron chi connectivity index (χ2n) is 4.89. The molecule has 1 aromatic heterocycles. The van der Waals surface area contributed by atoms with Crippen LogP contribution in [-0.2, 0) is 4.74 Å². The third kappa shape index (κ3) is 2.79. The van der Waals surface area contributed by atoms with Gasteiger partial charge in [-0.1, -0.05) is 12.1 Å². The summed E-state index contributed by atoms with van der Waals surface area (Å²) in [4.78, 5) is 17.7. The zero-order valence-corrected chi connectivity index (χ0v) is 12.5. The molecule has 1 saturated heterocycles. The second kappa shape index (κ2) is 6.13. The second-order valence-corrected chi connectivity index (χ2v) is 5.78. The van der Waals surface area contributed by atoms with Crippen LogP contribution in [-0.4, -0.2) is 35.7 Å². The average molecular weight is 314 g/mol. The monoisotopic (exact) mass is 314 g/mol. The van der Waals surface area contributed by atoms with E-state index in [4.69, 9.17) is 15.7 Å². The number of nitriles is 1. The number of amides is 2. The minimum Gasteiger partial charge on any atom is -0.377 e. The van der Waals surface area contributed by atoms with Crippen molar-refractivity contribution in [2.75, 3.05) is 19.8 Å². The van der Waals surface area contributed by atoms with Gasteiger partial charge in [-0.2, -0.15) is 5.26 Å². The third-order valence-corrected chi connectivity index (χ3v) is 4.45. The van der Waals surface area contributed by atoms with Gasteiger partial charge in [0.1, 0.15) is 11.0 Å². The van der Waals surface area contributed by atoms with Crippen molar-refractivity contribution in [2.24, 2.45) is 5.73 Å². The van der Waals surface area contributed by atoms with Crippen molar-refractivity contribution in [2.45, 2.75) is 6.04 Å². The molecule has 3 rings (SSSR count). The van der Waals surface area contributed by atoms with Gasteiger partial charge in [0, 0.05) is 17.5 Å². The van der Waals surface area contributed by atoms with Gasteiger partial charge in [-0.25, -0.2) is 9.78 Å². The van der Waals surface area contributed by atoms with E-state index in [1.165, 1.54) is 11.3 Å². The number of aromatic nitrogens is 1. The number of carbonyl (C=O) groups is 1. The van der Waals surface area contributed by atoms with Crippen LogP contribution in [0.2, 0.25) is 0 Å². The molecule has 0 aliphatic carbocycles. The van der Waals surface area contributed by atoms with Crippen LogP contribution in [0, 0.1) is 11.3 Å². The van der Waals surface area contributed by atoms with E-state index in [-0.39, 0.29) is 6.04 Å². The normalized spacial score (nSPS) is 18.0. The van der Waals surface area contributed by atoms with Crippen molar-refractivity contribution in [3.8, 4) is 17.3 Å². The minimum atomic E-state index is -0.462. The van der Waals surface area contributed by atoms with E-state index in [2.05, 4.69) is 11.1 Å². The van der Waals surface area contributed by atoms with Crippen molar-refractivity contribution in [1.82, 2.24) is 9.88 Å². The lowest BCUT2D eigenvalue weighted by atomic mass is 10.1. The number of rotatable bonds is 2. The number of carbonyl (C=O) groups excluding carboxylic acids is 1. The summed E-state index contributed by atoms with van der Waals surface area (Å²) in [6, 6.07) is 8.68. The molecule has 0 spiro atoms. The lowest BCUT2D eigenvalue weighted by Crippen LogP contribution is -2.45. The van der Waals surface area contributed by atoms with E-state index in [9.17, 15) is 4.79 Å². The van der Waals surface area contributed by atoms with Gasteiger partial charge in [0.25, 0.3) is 0 Å². The van der Waals surface area contributed by atoms with Crippen molar-refractivity contribution in [1.29, 1.82) is 5.26 Å². The van der Waals surface area contributed by atoms with E-state index in [0.29, 0.717) is 25.3 Å². The highest BCUT2D eigenvalue weighted by atomic mass is 32.1. The Morgan fingerprint density at radius 1 is 1.55 bits per heavy atom. The molecule has 0 bridgehead atoms. The van der Waals surface area contributed by atoms with Crippen LogP contribution < -0.4 is 5.73 Å². The minimum absolute atomic E-state index is 0.246. The number of thiazole rings is 1. The molecule has 22 heavy (non-hydrogen) atoms. The average Bonchev–Trinajstić information content (AvgIpc) is 3.05. The largest absolute Gasteiger partial charge is 0.377 e. The summed E-state index contributed by atoms with van der Waals surface area (Å²) in [5.74, 6) is 0. The SMILES string of the molecule is N#Cc1cccc(-c2csc(C3COCCN3C(N)=O)n2)c1. The Balaban J connectivity index is 1.89. The molecule has 1 unspecified atom stereocenters. The highest BCUT2D eigenvalue weighted by Crippen LogP contribution is 2.30. The van der Waals surface area contributed by atoms with Gasteiger partial charge in [-0.3, -0.25) is 0 Å². The number of primary amides is 1. The Morgan fingerprint density at radius 2 is 2.41 bits per heavy atom. The first kappa shape index (κ1) is 14.5. The van der Waals surface area contributed by atoms with Crippen molar-refractivity contribution in [3.63, 3.8) is 0 Å². The van der Waals surface area contributed by atoms with Gasteiger partial charge < -0.3 is 15.4 Å². The van der Waals surface area contributed by atoms with Crippen LogP contribution in [0.1, 0.15) is 16.6 Å². The molecule has 2 amide bonds. The smallest absolute Gasteiger partial charge is 0.315 e. The van der Waals surface area contributed by atoms with Crippen LogP contribution in [0.25, 0.3) is 11.3 Å². The summed E-state index contributed by atoms with van der Waals surface area (Å²) >= 11 is 1.46. The Morgan fingerprint density at radius 3 is 3.18 bits per heavy atom. The highest BCUT2D eigenvalue weighted by Gasteiger charge is 2.29. The zero-order chi connectivity index (χ0) is 15.5. The van der Waals surface area contributed by atoms with E-state index in [0.717, 1.165) is 16.3 Å². The Hall–Kier alpha value is -2.43. The highest BCUT2D eigenvalue weighted by molar-refractivity contribution is 7.10. The predicted molar refractivity (Wildman–Crippen MR) is 82.1 cm³/mol. The van der Waals surface area contributed by atoms with Crippen molar-refractivity contribution >= 4 is 17.4 Å². The van der Waals surface area contributed by atoms with Crippen LogP contribution in [0.3, 0.4) is 0 Å². The maximum atomic E-state index is 11.5. The summed E-state index contributed by atoms with van der Waals surface area (Å²) in [7, 11) is 0. The molecule has 1 atom stereocenters. The summed E-state index contributed by atoms with van der Waals surface area (Å²) in [5.41, 5.74) is 7.68. The zero-order valence-electron chi connectivity index (χ0n) is 11.7. The molecule has 6 nitrogen and oxygen atoms in total. The fraction of sp³-hybridized carbons (Fsp3) is 0.267. The Kier molecular flexibility index (Phi) is 4.04. The molecular weight excluding hydrogens is 300 g/mol.